The van der Waals surface area contributed by atoms with Gasteiger partial charge in [0.2, 0.25) is 0 Å². The molecule has 5 rings (SSSR count). The second-order valence-corrected chi connectivity index (χ2v) is 7.76. The number of H-pyrrole nitrogens is 1. The van der Waals surface area contributed by atoms with E-state index in [1.165, 1.54) is 0 Å². The van der Waals surface area contributed by atoms with Crippen molar-refractivity contribution in [2.45, 2.75) is 37.8 Å². The molecule has 0 saturated heterocycles. The molecule has 1 fully saturated rings. The number of nitrogens with two attached hydrogens (primary N) is 1. The average Bonchev–Trinajstić information content (AvgIpc) is 2.75. The van der Waals surface area contributed by atoms with E-state index in [9.17, 15) is 4.79 Å². The van der Waals surface area contributed by atoms with Gasteiger partial charge >= 0.3 is 0 Å². The Labute approximate surface area is 172 Å². The third kappa shape index (κ3) is 3.57. The van der Waals surface area contributed by atoms with Crippen molar-refractivity contribution in [3.05, 3.63) is 59.1 Å². The monoisotopic (exact) mass is 401 g/mol. The quantitative estimate of drug-likeness (QED) is 0.414. The minimum Gasteiger partial charge on any atom is -0.366 e. The molecule has 1 aromatic carbocycles. The molecule has 5 N–H and O–H groups in total. The third-order valence-electron chi connectivity index (χ3n) is 5.65. The molecule has 4 aromatic rings. The predicted molar refractivity (Wildman–Crippen MR) is 119 cm³/mol. The number of aromatic nitrogens is 4. The molecular weight excluding hydrogens is 378 g/mol. The Kier molecular flexibility index (Phi) is 4.76. The Hall–Kier alpha value is -3.52. The number of nitrogens with one attached hydrogen (secondary N) is 3. The third-order valence-corrected chi connectivity index (χ3v) is 5.65. The summed E-state index contributed by atoms with van der Waals surface area (Å²) in [5.74, 6) is 1.13. The number of anilines is 3. The summed E-state index contributed by atoms with van der Waals surface area (Å²) < 4.78 is 0. The van der Waals surface area contributed by atoms with Crippen molar-refractivity contribution in [1.29, 1.82) is 0 Å². The molecule has 0 bridgehead atoms. The summed E-state index contributed by atoms with van der Waals surface area (Å²) in [5.41, 5.74) is 7.66. The van der Waals surface area contributed by atoms with Crippen LogP contribution >= 0.6 is 0 Å². The molecule has 1 aliphatic carbocycles. The van der Waals surface area contributed by atoms with Crippen LogP contribution in [0.15, 0.2) is 53.6 Å². The van der Waals surface area contributed by atoms with Gasteiger partial charge in [-0.3, -0.25) is 9.78 Å². The van der Waals surface area contributed by atoms with Gasteiger partial charge in [-0.1, -0.05) is 31.0 Å². The number of hydrogen-bond acceptors (Lipinski definition) is 7. The van der Waals surface area contributed by atoms with Gasteiger partial charge in [-0.05, 0) is 31.0 Å². The highest BCUT2D eigenvalue weighted by atomic mass is 16.1. The summed E-state index contributed by atoms with van der Waals surface area (Å²) in [6.45, 7) is 0. The molecule has 0 aliphatic heterocycles. The normalized spacial score (nSPS) is 19.1. The Balaban J connectivity index is 1.55. The van der Waals surface area contributed by atoms with Crippen LogP contribution in [0, 0.1) is 0 Å². The fourth-order valence-electron chi connectivity index (χ4n) is 4.09. The molecule has 2 unspecified atom stereocenters. The molecule has 2 atom stereocenters. The van der Waals surface area contributed by atoms with Crippen molar-refractivity contribution in [2.24, 2.45) is 5.73 Å². The summed E-state index contributed by atoms with van der Waals surface area (Å²) in [6, 6.07) is 12.0. The minimum absolute atomic E-state index is 0.0923. The van der Waals surface area contributed by atoms with Crippen molar-refractivity contribution in [2.75, 3.05) is 10.6 Å². The molecule has 3 heterocycles. The summed E-state index contributed by atoms with van der Waals surface area (Å²) in [6.07, 6.45) is 7.68. The summed E-state index contributed by atoms with van der Waals surface area (Å²) in [7, 11) is 0. The van der Waals surface area contributed by atoms with Crippen molar-refractivity contribution in [3.8, 4) is 0 Å². The predicted octanol–water partition coefficient (Wildman–Crippen LogP) is 3.29. The Bertz CT molecular complexity index is 1270. The highest BCUT2D eigenvalue weighted by Gasteiger charge is 2.22. The number of rotatable bonds is 4. The van der Waals surface area contributed by atoms with Gasteiger partial charge in [0.1, 0.15) is 11.6 Å². The number of fused-ring (bicyclic) bond motifs is 2. The van der Waals surface area contributed by atoms with E-state index in [2.05, 4.69) is 25.8 Å². The lowest BCUT2D eigenvalue weighted by Gasteiger charge is -2.30. The van der Waals surface area contributed by atoms with Crippen LogP contribution in [-0.2, 0) is 0 Å². The van der Waals surface area contributed by atoms with Gasteiger partial charge in [-0.15, -0.1) is 0 Å². The molecule has 30 heavy (non-hydrogen) atoms. The molecular formula is C22H23N7O. The molecule has 1 aliphatic rings. The Morgan fingerprint density at radius 3 is 2.83 bits per heavy atom. The summed E-state index contributed by atoms with van der Waals surface area (Å²) in [4.78, 5) is 21.7. The van der Waals surface area contributed by atoms with Crippen molar-refractivity contribution in [1.82, 2.24) is 20.2 Å². The Morgan fingerprint density at radius 2 is 1.93 bits per heavy atom. The molecule has 8 heteroatoms. The lowest BCUT2D eigenvalue weighted by molar-refractivity contribution is 0.403. The number of nitrogens with zero attached hydrogens (tertiary/aromatic N) is 3. The van der Waals surface area contributed by atoms with E-state index in [0.717, 1.165) is 42.3 Å². The van der Waals surface area contributed by atoms with E-state index >= 15 is 0 Å². The first-order valence-corrected chi connectivity index (χ1v) is 10.2. The van der Waals surface area contributed by atoms with Crippen LogP contribution in [-0.4, -0.2) is 32.2 Å². The standard InChI is InChI=1S/C22H23N7O/c23-16-6-2-4-8-18(16)27-19-10-14-11-25-29-22(30)20(14)21(28-19)26-15-9-13-5-1-3-7-17(13)24-12-15/h1,3,5,7,9-12,16,18H,2,4,6,8,23H2,(H,29,30)(H2,26,27,28). The van der Waals surface area contributed by atoms with Gasteiger partial charge in [-0.2, -0.15) is 5.10 Å². The maximum Gasteiger partial charge on any atom is 0.275 e. The van der Waals surface area contributed by atoms with E-state index in [1.54, 1.807) is 12.4 Å². The van der Waals surface area contributed by atoms with Gasteiger partial charge in [0, 0.05) is 22.9 Å². The lowest BCUT2D eigenvalue weighted by atomic mass is 9.91. The highest BCUT2D eigenvalue weighted by Crippen LogP contribution is 2.27. The highest BCUT2D eigenvalue weighted by molar-refractivity contribution is 5.94. The zero-order chi connectivity index (χ0) is 20.5. The van der Waals surface area contributed by atoms with Gasteiger partial charge in [0.05, 0.1) is 29.0 Å². The zero-order valence-electron chi connectivity index (χ0n) is 16.4. The van der Waals surface area contributed by atoms with Crippen LogP contribution in [0.25, 0.3) is 21.7 Å². The minimum atomic E-state index is -0.294. The van der Waals surface area contributed by atoms with Crippen LogP contribution in [0.1, 0.15) is 25.7 Å². The topological polar surface area (TPSA) is 122 Å². The van der Waals surface area contributed by atoms with Gasteiger partial charge < -0.3 is 16.4 Å². The molecule has 0 radical (unpaired) electrons. The van der Waals surface area contributed by atoms with E-state index in [0.29, 0.717) is 22.4 Å². The molecule has 0 amide bonds. The van der Waals surface area contributed by atoms with Crippen LogP contribution < -0.4 is 21.9 Å². The molecule has 152 valence electrons. The van der Waals surface area contributed by atoms with Crippen molar-refractivity contribution < 1.29 is 0 Å². The maximum atomic E-state index is 12.5. The van der Waals surface area contributed by atoms with E-state index in [4.69, 9.17) is 10.7 Å². The summed E-state index contributed by atoms with van der Waals surface area (Å²) in [5, 5.41) is 15.4. The smallest absolute Gasteiger partial charge is 0.275 e. The van der Waals surface area contributed by atoms with Crippen LogP contribution in [0.3, 0.4) is 0 Å². The van der Waals surface area contributed by atoms with Crippen molar-refractivity contribution >= 4 is 39.0 Å². The van der Waals surface area contributed by atoms with Gasteiger partial charge in [0.15, 0.2) is 0 Å². The van der Waals surface area contributed by atoms with Gasteiger partial charge in [-0.25, -0.2) is 10.1 Å². The first kappa shape index (κ1) is 18.5. The summed E-state index contributed by atoms with van der Waals surface area (Å²) >= 11 is 0. The zero-order valence-corrected chi connectivity index (χ0v) is 16.4. The second-order valence-electron chi connectivity index (χ2n) is 7.76. The van der Waals surface area contributed by atoms with E-state index in [1.807, 2.05) is 36.4 Å². The molecule has 8 nitrogen and oxygen atoms in total. The van der Waals surface area contributed by atoms with E-state index < -0.39 is 0 Å². The SMILES string of the molecule is NC1CCCCC1Nc1cc2cn[nH]c(=O)c2c(Nc2cnc3ccccc3c2)n1. The number of benzene rings is 1. The second kappa shape index (κ2) is 7.72. The van der Waals surface area contributed by atoms with E-state index in [-0.39, 0.29) is 17.6 Å². The number of pyridine rings is 2. The molecule has 0 spiro atoms. The largest absolute Gasteiger partial charge is 0.366 e. The fraction of sp³-hybridized carbons (Fsp3) is 0.273. The first-order valence-electron chi connectivity index (χ1n) is 10.2. The first-order chi connectivity index (χ1) is 14.7. The van der Waals surface area contributed by atoms with Crippen molar-refractivity contribution in [3.63, 3.8) is 0 Å². The number of para-hydroxylation sites is 1. The fourth-order valence-corrected chi connectivity index (χ4v) is 4.09. The van der Waals surface area contributed by atoms with Crippen LogP contribution in [0.2, 0.25) is 0 Å². The lowest BCUT2D eigenvalue weighted by Crippen LogP contribution is -2.42. The molecule has 3 aromatic heterocycles. The number of aromatic amines is 1. The maximum absolute atomic E-state index is 12.5. The molecule has 1 saturated carbocycles. The van der Waals surface area contributed by atoms with Crippen LogP contribution in [0.5, 0.6) is 0 Å². The average molecular weight is 401 g/mol. The number of hydrogen-bond donors (Lipinski definition) is 4. The van der Waals surface area contributed by atoms with Gasteiger partial charge in [0.25, 0.3) is 5.56 Å². The Morgan fingerprint density at radius 1 is 1.07 bits per heavy atom. The van der Waals surface area contributed by atoms with Crippen LogP contribution in [0.4, 0.5) is 17.3 Å².